The van der Waals surface area contributed by atoms with E-state index in [2.05, 4.69) is 108 Å². The highest BCUT2D eigenvalue weighted by molar-refractivity contribution is 7.29. The average molecular weight is 520 g/mol. The third kappa shape index (κ3) is 4.39. The normalized spacial score (nSPS) is 12.4. The molecule has 0 amide bonds. The van der Waals surface area contributed by atoms with Gasteiger partial charge in [-0.3, -0.25) is 4.98 Å². The van der Waals surface area contributed by atoms with Crippen LogP contribution in [0.1, 0.15) is 51.3 Å². The Morgan fingerprint density at radius 2 is 1.65 bits per heavy atom. The first-order chi connectivity index (χ1) is 17.7. The van der Waals surface area contributed by atoms with Crippen molar-refractivity contribution >= 4 is 53.6 Å². The van der Waals surface area contributed by atoms with E-state index in [1.807, 2.05) is 28.9 Å². The minimum absolute atomic E-state index is 0.0472. The molecule has 3 heterocycles. The number of pyridine rings is 1. The van der Waals surface area contributed by atoms with Gasteiger partial charge in [0.2, 0.25) is 0 Å². The van der Waals surface area contributed by atoms with Crippen LogP contribution in [-0.4, -0.2) is 4.98 Å². The predicted molar refractivity (Wildman–Crippen MR) is 165 cm³/mol. The molecule has 3 aromatic carbocycles. The second kappa shape index (κ2) is 9.08. The Hall–Kier alpha value is -3.01. The molecule has 3 aromatic heterocycles. The van der Waals surface area contributed by atoms with E-state index in [-0.39, 0.29) is 5.41 Å². The van der Waals surface area contributed by atoms with E-state index in [0.717, 1.165) is 12.1 Å². The lowest BCUT2D eigenvalue weighted by molar-refractivity contribution is 0.596. The Kier molecular flexibility index (Phi) is 5.97. The molecule has 0 N–H and O–H groups in total. The van der Waals surface area contributed by atoms with Gasteiger partial charge < -0.3 is 0 Å². The van der Waals surface area contributed by atoms with Crippen LogP contribution in [0.3, 0.4) is 0 Å². The van der Waals surface area contributed by atoms with Crippen LogP contribution in [0.15, 0.2) is 72.9 Å². The van der Waals surface area contributed by atoms with Crippen LogP contribution in [0.25, 0.3) is 52.0 Å². The van der Waals surface area contributed by atoms with Gasteiger partial charge in [-0.25, -0.2) is 0 Å². The lowest BCUT2D eigenvalue weighted by Gasteiger charge is -2.22. The lowest BCUT2D eigenvalue weighted by Crippen LogP contribution is -2.12. The molecule has 0 radical (unpaired) electrons. The zero-order chi connectivity index (χ0) is 25.9. The van der Waals surface area contributed by atoms with Gasteiger partial charge in [0.05, 0.1) is 10.4 Å². The van der Waals surface area contributed by atoms with E-state index in [9.17, 15) is 0 Å². The summed E-state index contributed by atoms with van der Waals surface area (Å²) < 4.78 is 2.64. The van der Waals surface area contributed by atoms with Crippen LogP contribution in [0.4, 0.5) is 0 Å². The standard InChI is InChI=1S/C34H33NS2/c1-20(2)15-22-11-12-29-24(16-22)19-30(36-29)32-21(3)26-13-14-35-31(33(26)37-32)25-17-23-9-7-8-10-27(23)28(18-25)34(4,5)6/h7-14,16-20H,15H2,1-6H3. The molecule has 0 saturated carbocycles. The van der Waals surface area contributed by atoms with Gasteiger partial charge in [0, 0.05) is 26.2 Å². The number of fused-ring (bicyclic) bond motifs is 3. The summed E-state index contributed by atoms with van der Waals surface area (Å²) in [5.74, 6) is 0.667. The molecule has 6 aromatic rings. The lowest BCUT2D eigenvalue weighted by atomic mass is 9.82. The molecule has 0 aliphatic carbocycles. The van der Waals surface area contributed by atoms with Crippen molar-refractivity contribution in [2.24, 2.45) is 5.92 Å². The van der Waals surface area contributed by atoms with E-state index in [0.29, 0.717) is 5.92 Å². The van der Waals surface area contributed by atoms with Crippen molar-refractivity contribution in [3.05, 3.63) is 89.6 Å². The summed E-state index contributed by atoms with van der Waals surface area (Å²) in [6.07, 6.45) is 3.11. The van der Waals surface area contributed by atoms with Crippen molar-refractivity contribution in [2.45, 2.75) is 53.4 Å². The topological polar surface area (TPSA) is 12.9 Å². The predicted octanol–water partition coefficient (Wildman–Crippen LogP) is 10.8. The molecule has 0 fully saturated rings. The molecule has 6 rings (SSSR count). The Bertz CT molecular complexity index is 1780. The van der Waals surface area contributed by atoms with Crippen molar-refractivity contribution in [1.82, 2.24) is 4.98 Å². The monoisotopic (exact) mass is 519 g/mol. The van der Waals surface area contributed by atoms with Gasteiger partial charge in [0.15, 0.2) is 0 Å². The highest BCUT2D eigenvalue weighted by atomic mass is 32.1. The SMILES string of the molecule is Cc1c(-c2cc3cc(CC(C)C)ccc3s2)sc2c(-c3cc(C(C)(C)C)c4ccccc4c3)nccc12. The van der Waals surface area contributed by atoms with Crippen LogP contribution in [0, 0.1) is 12.8 Å². The second-order valence-electron chi connectivity index (χ2n) is 11.7. The summed E-state index contributed by atoms with van der Waals surface area (Å²) in [5.41, 5.74) is 6.50. The van der Waals surface area contributed by atoms with Gasteiger partial charge in [-0.15, -0.1) is 22.7 Å². The molecular formula is C34H33NS2. The molecule has 37 heavy (non-hydrogen) atoms. The molecular weight excluding hydrogens is 487 g/mol. The maximum absolute atomic E-state index is 4.95. The van der Waals surface area contributed by atoms with E-state index >= 15 is 0 Å². The van der Waals surface area contributed by atoms with Crippen molar-refractivity contribution in [3.63, 3.8) is 0 Å². The summed E-state index contributed by atoms with van der Waals surface area (Å²) in [5, 5.41) is 5.28. The van der Waals surface area contributed by atoms with Crippen molar-refractivity contribution in [1.29, 1.82) is 0 Å². The maximum atomic E-state index is 4.95. The molecule has 0 spiro atoms. The van der Waals surface area contributed by atoms with Gasteiger partial charge >= 0.3 is 0 Å². The van der Waals surface area contributed by atoms with Crippen molar-refractivity contribution in [3.8, 4) is 21.0 Å². The van der Waals surface area contributed by atoms with Crippen LogP contribution >= 0.6 is 22.7 Å². The number of hydrogen-bond donors (Lipinski definition) is 0. The molecule has 1 nitrogen and oxygen atoms in total. The van der Waals surface area contributed by atoms with Crippen LogP contribution in [0.5, 0.6) is 0 Å². The molecule has 0 aliphatic heterocycles. The Morgan fingerprint density at radius 3 is 2.43 bits per heavy atom. The van der Waals surface area contributed by atoms with E-state index in [1.54, 1.807) is 0 Å². The van der Waals surface area contributed by atoms with E-state index in [4.69, 9.17) is 4.98 Å². The van der Waals surface area contributed by atoms with Gasteiger partial charge in [0.1, 0.15) is 0 Å². The summed E-state index contributed by atoms with van der Waals surface area (Å²) in [7, 11) is 0. The van der Waals surface area contributed by atoms with Gasteiger partial charge in [-0.1, -0.05) is 71.0 Å². The third-order valence-corrected chi connectivity index (χ3v) is 9.86. The zero-order valence-electron chi connectivity index (χ0n) is 22.5. The average Bonchev–Trinajstić information content (AvgIpc) is 3.43. The summed E-state index contributed by atoms with van der Waals surface area (Å²) in [4.78, 5) is 7.68. The molecule has 3 heteroatoms. The number of nitrogens with zero attached hydrogens (tertiary/aromatic N) is 1. The summed E-state index contributed by atoms with van der Waals surface area (Å²) >= 11 is 3.80. The van der Waals surface area contributed by atoms with E-state index in [1.165, 1.54) is 63.0 Å². The van der Waals surface area contributed by atoms with Gasteiger partial charge in [-0.2, -0.15) is 0 Å². The highest BCUT2D eigenvalue weighted by Gasteiger charge is 2.21. The Morgan fingerprint density at radius 1 is 0.838 bits per heavy atom. The smallest absolute Gasteiger partial charge is 0.0880 e. The number of aromatic nitrogens is 1. The largest absolute Gasteiger partial charge is 0.255 e. The Balaban J connectivity index is 1.52. The van der Waals surface area contributed by atoms with Crippen LogP contribution in [-0.2, 0) is 11.8 Å². The first kappa shape index (κ1) is 24.3. The van der Waals surface area contributed by atoms with Crippen molar-refractivity contribution < 1.29 is 0 Å². The zero-order valence-corrected chi connectivity index (χ0v) is 24.1. The third-order valence-electron chi connectivity index (χ3n) is 7.24. The number of benzene rings is 3. The first-order valence-electron chi connectivity index (χ1n) is 13.1. The van der Waals surface area contributed by atoms with Crippen molar-refractivity contribution in [2.75, 3.05) is 0 Å². The van der Waals surface area contributed by atoms with Gasteiger partial charge in [-0.05, 0) is 93.2 Å². The Labute approximate surface area is 227 Å². The fourth-order valence-corrected chi connectivity index (χ4v) is 7.97. The minimum Gasteiger partial charge on any atom is -0.255 e. The number of rotatable bonds is 4. The number of thiophene rings is 2. The molecule has 0 saturated heterocycles. The van der Waals surface area contributed by atoms with Gasteiger partial charge in [0.25, 0.3) is 0 Å². The molecule has 0 bridgehead atoms. The number of aryl methyl sites for hydroxylation is 1. The maximum Gasteiger partial charge on any atom is 0.0880 e. The number of hydrogen-bond acceptors (Lipinski definition) is 3. The highest BCUT2D eigenvalue weighted by Crippen LogP contribution is 2.46. The molecule has 0 aliphatic rings. The fourth-order valence-electron chi connectivity index (χ4n) is 5.46. The first-order valence-corrected chi connectivity index (χ1v) is 14.8. The van der Waals surface area contributed by atoms with Crippen LogP contribution in [0.2, 0.25) is 0 Å². The van der Waals surface area contributed by atoms with E-state index < -0.39 is 0 Å². The second-order valence-corrected chi connectivity index (χ2v) is 13.8. The van der Waals surface area contributed by atoms with Crippen LogP contribution < -0.4 is 0 Å². The summed E-state index contributed by atoms with van der Waals surface area (Å²) in [6.45, 7) is 13.7. The fraction of sp³-hybridized carbons (Fsp3) is 0.265. The molecule has 0 unspecified atom stereocenters. The minimum atomic E-state index is 0.0472. The molecule has 186 valence electrons. The molecule has 0 atom stereocenters. The summed E-state index contributed by atoms with van der Waals surface area (Å²) in [6, 6.07) is 25.0. The quantitative estimate of drug-likeness (QED) is 0.226.